The lowest BCUT2D eigenvalue weighted by Crippen LogP contribution is -2.36. The van der Waals surface area contributed by atoms with Gasteiger partial charge in [-0.25, -0.2) is 18.7 Å². The van der Waals surface area contributed by atoms with Crippen molar-refractivity contribution in [2.45, 2.75) is 6.43 Å². The Morgan fingerprint density at radius 2 is 1.88 bits per heavy atom. The van der Waals surface area contributed by atoms with Crippen molar-refractivity contribution < 1.29 is 18.3 Å². The summed E-state index contributed by atoms with van der Waals surface area (Å²) in [5.41, 5.74) is 2.33. The van der Waals surface area contributed by atoms with Gasteiger partial charge in [-0.1, -0.05) is 30.3 Å². The molecule has 0 bridgehead atoms. The Morgan fingerprint density at radius 1 is 1.09 bits per heavy atom. The number of halogens is 2. The highest BCUT2D eigenvalue weighted by molar-refractivity contribution is 6.12. The number of rotatable bonds is 5. The first-order valence-electron chi connectivity index (χ1n) is 10.6. The number of pyridine rings is 1. The molecule has 33 heavy (non-hydrogen) atoms. The molecule has 1 aliphatic heterocycles. The standard InChI is InChI=1S/C24H21F2N5O2/c25-22(26)16-5-1-2-6-17(16)23-28-19-14-15(31-9-11-33-12-10-31)13-18(21(19)30-23)24(32)29-20-7-3-4-8-27-20/h1-8,13-14,22H,9-12H2,(H,28,30)(H,27,29,32). The summed E-state index contributed by atoms with van der Waals surface area (Å²) in [6, 6.07) is 15.1. The molecule has 1 aliphatic rings. The van der Waals surface area contributed by atoms with Crippen LogP contribution in [0.5, 0.6) is 0 Å². The molecule has 0 aliphatic carbocycles. The van der Waals surface area contributed by atoms with Crippen LogP contribution in [0.2, 0.25) is 0 Å². The van der Waals surface area contributed by atoms with Crippen LogP contribution in [0.15, 0.2) is 60.8 Å². The average Bonchev–Trinajstić information content (AvgIpc) is 3.28. The fourth-order valence-corrected chi connectivity index (χ4v) is 3.93. The molecule has 1 amide bonds. The number of imidazole rings is 1. The van der Waals surface area contributed by atoms with Crippen molar-refractivity contribution in [2.24, 2.45) is 0 Å². The van der Waals surface area contributed by atoms with Crippen LogP contribution >= 0.6 is 0 Å². The Balaban J connectivity index is 1.62. The fourth-order valence-electron chi connectivity index (χ4n) is 3.93. The van der Waals surface area contributed by atoms with E-state index in [0.29, 0.717) is 54.3 Å². The zero-order chi connectivity index (χ0) is 22.8. The van der Waals surface area contributed by atoms with E-state index in [2.05, 4.69) is 25.2 Å². The van der Waals surface area contributed by atoms with Crippen molar-refractivity contribution in [1.29, 1.82) is 0 Å². The summed E-state index contributed by atoms with van der Waals surface area (Å²) in [5, 5.41) is 2.79. The SMILES string of the molecule is O=C(Nc1ccccn1)c1cc(N2CCOCC2)cc2[nH]c(-c3ccccc3C(F)F)nc12. The first-order valence-corrected chi connectivity index (χ1v) is 10.6. The predicted octanol–water partition coefficient (Wildman–Crippen LogP) is 4.65. The summed E-state index contributed by atoms with van der Waals surface area (Å²) in [6.45, 7) is 2.54. The second-order valence-electron chi connectivity index (χ2n) is 7.63. The van der Waals surface area contributed by atoms with E-state index >= 15 is 0 Å². The number of nitrogens with one attached hydrogen (secondary N) is 2. The van der Waals surface area contributed by atoms with Crippen molar-refractivity contribution in [3.8, 4) is 11.4 Å². The number of aromatic nitrogens is 3. The van der Waals surface area contributed by atoms with E-state index in [1.54, 1.807) is 48.7 Å². The summed E-state index contributed by atoms with van der Waals surface area (Å²) in [7, 11) is 0. The van der Waals surface area contributed by atoms with E-state index in [9.17, 15) is 13.6 Å². The zero-order valence-corrected chi connectivity index (χ0v) is 17.6. The van der Waals surface area contributed by atoms with E-state index < -0.39 is 6.43 Å². The molecule has 0 unspecified atom stereocenters. The maximum atomic E-state index is 13.6. The largest absolute Gasteiger partial charge is 0.378 e. The summed E-state index contributed by atoms with van der Waals surface area (Å²) in [6.07, 6.45) is -1.06. The van der Waals surface area contributed by atoms with Crippen molar-refractivity contribution in [2.75, 3.05) is 36.5 Å². The van der Waals surface area contributed by atoms with Crippen molar-refractivity contribution in [1.82, 2.24) is 15.0 Å². The molecule has 5 rings (SSSR count). The Hall–Kier alpha value is -3.85. The molecule has 168 valence electrons. The number of fused-ring (bicyclic) bond motifs is 1. The molecule has 0 spiro atoms. The number of hydrogen-bond donors (Lipinski definition) is 2. The maximum absolute atomic E-state index is 13.6. The molecule has 2 aromatic carbocycles. The molecule has 7 nitrogen and oxygen atoms in total. The topological polar surface area (TPSA) is 83.1 Å². The van der Waals surface area contributed by atoms with Gasteiger partial charge in [0.05, 0.1) is 24.3 Å². The number of amides is 1. The highest BCUT2D eigenvalue weighted by atomic mass is 19.3. The quantitative estimate of drug-likeness (QED) is 0.463. The number of ether oxygens (including phenoxy) is 1. The van der Waals surface area contributed by atoms with Crippen LogP contribution in [0.4, 0.5) is 20.3 Å². The van der Waals surface area contributed by atoms with Gasteiger partial charge in [-0.2, -0.15) is 0 Å². The maximum Gasteiger partial charge on any atom is 0.264 e. The molecule has 0 saturated carbocycles. The van der Waals surface area contributed by atoms with Gasteiger partial charge in [0.2, 0.25) is 0 Å². The molecule has 2 aromatic heterocycles. The molecular formula is C24H21F2N5O2. The third-order valence-electron chi connectivity index (χ3n) is 5.55. The minimum absolute atomic E-state index is 0.121. The van der Waals surface area contributed by atoms with Crippen molar-refractivity contribution >= 4 is 28.4 Å². The minimum Gasteiger partial charge on any atom is -0.378 e. The first kappa shape index (κ1) is 21.0. The lowest BCUT2D eigenvalue weighted by molar-refractivity contribution is 0.102. The van der Waals surface area contributed by atoms with Crippen LogP contribution in [0.3, 0.4) is 0 Å². The number of hydrogen-bond acceptors (Lipinski definition) is 5. The van der Waals surface area contributed by atoms with Gasteiger partial charge < -0.3 is 19.9 Å². The van der Waals surface area contributed by atoms with Crippen LogP contribution in [0, 0.1) is 0 Å². The number of nitrogens with zero attached hydrogens (tertiary/aromatic N) is 3. The molecular weight excluding hydrogens is 428 g/mol. The number of aromatic amines is 1. The van der Waals surface area contributed by atoms with Gasteiger partial charge in [-0.3, -0.25) is 4.79 Å². The van der Waals surface area contributed by atoms with Gasteiger partial charge >= 0.3 is 0 Å². The lowest BCUT2D eigenvalue weighted by Gasteiger charge is -2.29. The third kappa shape index (κ3) is 4.27. The van der Waals surface area contributed by atoms with Crippen LogP contribution in [-0.4, -0.2) is 47.2 Å². The van der Waals surface area contributed by atoms with E-state index in [1.807, 2.05) is 6.07 Å². The number of carbonyl (C=O) groups is 1. The van der Waals surface area contributed by atoms with E-state index in [1.165, 1.54) is 6.07 Å². The second-order valence-corrected chi connectivity index (χ2v) is 7.63. The number of morpholine rings is 1. The zero-order valence-electron chi connectivity index (χ0n) is 17.6. The van der Waals surface area contributed by atoms with Crippen LogP contribution < -0.4 is 10.2 Å². The minimum atomic E-state index is -2.65. The van der Waals surface area contributed by atoms with Crippen LogP contribution in [0.25, 0.3) is 22.4 Å². The highest BCUT2D eigenvalue weighted by Gasteiger charge is 2.22. The number of alkyl halides is 2. The fraction of sp³-hybridized carbons (Fsp3) is 0.208. The van der Waals surface area contributed by atoms with Crippen LogP contribution in [0.1, 0.15) is 22.3 Å². The van der Waals surface area contributed by atoms with Crippen molar-refractivity contribution in [3.05, 3.63) is 71.9 Å². The average molecular weight is 449 g/mol. The molecule has 3 heterocycles. The highest BCUT2D eigenvalue weighted by Crippen LogP contribution is 2.33. The molecule has 9 heteroatoms. The number of H-pyrrole nitrogens is 1. The Labute approximate surface area is 188 Å². The normalized spacial score (nSPS) is 14.1. The molecule has 4 aromatic rings. The first-order chi connectivity index (χ1) is 16.1. The summed E-state index contributed by atoms with van der Waals surface area (Å²) < 4.78 is 32.6. The van der Waals surface area contributed by atoms with Gasteiger partial charge in [-0.15, -0.1) is 0 Å². The molecule has 2 N–H and O–H groups in total. The molecule has 1 saturated heterocycles. The van der Waals surface area contributed by atoms with Gasteiger partial charge in [0.15, 0.2) is 0 Å². The third-order valence-corrected chi connectivity index (χ3v) is 5.55. The van der Waals surface area contributed by atoms with Gasteiger partial charge in [0, 0.05) is 36.1 Å². The molecule has 0 atom stereocenters. The Kier molecular flexibility index (Phi) is 5.70. The smallest absolute Gasteiger partial charge is 0.264 e. The summed E-state index contributed by atoms with van der Waals surface area (Å²) in [5.74, 6) is 0.312. The number of anilines is 2. The van der Waals surface area contributed by atoms with Gasteiger partial charge in [0.1, 0.15) is 17.2 Å². The lowest BCUT2D eigenvalue weighted by atomic mass is 10.1. The van der Waals surface area contributed by atoms with Gasteiger partial charge in [0.25, 0.3) is 12.3 Å². The second kappa shape index (κ2) is 8.95. The monoisotopic (exact) mass is 449 g/mol. The van der Waals surface area contributed by atoms with Crippen molar-refractivity contribution in [3.63, 3.8) is 0 Å². The van der Waals surface area contributed by atoms with E-state index in [4.69, 9.17) is 4.74 Å². The number of carbonyl (C=O) groups excluding carboxylic acids is 1. The van der Waals surface area contributed by atoms with E-state index in [0.717, 1.165) is 5.69 Å². The summed E-state index contributed by atoms with van der Waals surface area (Å²) in [4.78, 5) is 27.2. The Morgan fingerprint density at radius 3 is 2.64 bits per heavy atom. The predicted molar refractivity (Wildman–Crippen MR) is 122 cm³/mol. The number of benzene rings is 2. The van der Waals surface area contributed by atoms with Crippen LogP contribution in [-0.2, 0) is 4.74 Å². The van der Waals surface area contributed by atoms with E-state index in [-0.39, 0.29) is 17.3 Å². The van der Waals surface area contributed by atoms with Gasteiger partial charge in [-0.05, 0) is 24.3 Å². The summed E-state index contributed by atoms with van der Waals surface area (Å²) >= 11 is 0. The Bertz CT molecular complexity index is 1290. The molecule has 1 fully saturated rings. The molecule has 0 radical (unpaired) electrons.